The van der Waals surface area contributed by atoms with E-state index < -0.39 is 0 Å². The van der Waals surface area contributed by atoms with Crippen molar-refractivity contribution in [1.29, 1.82) is 0 Å². The Morgan fingerprint density at radius 3 is 2.38 bits per heavy atom. The summed E-state index contributed by atoms with van der Waals surface area (Å²) in [7, 11) is 3.25. The predicted octanol–water partition coefficient (Wildman–Crippen LogP) is 2.75. The first-order valence-corrected chi connectivity index (χ1v) is 4.53. The lowest BCUT2D eigenvalue weighted by Crippen LogP contribution is -1.94. The molecule has 1 rings (SSSR count). The summed E-state index contributed by atoms with van der Waals surface area (Å²) < 4.78 is 10.4. The first-order chi connectivity index (χ1) is 6.22. The normalized spacial score (nSPS) is 9.85. The fraction of sp³-hybridized carbons (Fsp3) is 0.400. The molecule has 0 heterocycles. The van der Waals surface area contributed by atoms with Crippen LogP contribution in [0.15, 0.2) is 12.1 Å². The number of halogens is 1. The van der Waals surface area contributed by atoms with E-state index in [1.54, 1.807) is 14.2 Å². The molecule has 0 amide bonds. The van der Waals surface area contributed by atoms with E-state index in [4.69, 9.17) is 21.1 Å². The molecule has 0 aliphatic carbocycles. The van der Waals surface area contributed by atoms with Crippen LogP contribution in [0.2, 0.25) is 0 Å². The Morgan fingerprint density at radius 1 is 1.23 bits per heavy atom. The summed E-state index contributed by atoms with van der Waals surface area (Å²) in [6.07, 6.45) is 0. The van der Waals surface area contributed by atoms with Crippen molar-refractivity contribution >= 4 is 11.6 Å². The molecule has 0 bridgehead atoms. The molecule has 0 aromatic heterocycles. The van der Waals surface area contributed by atoms with Gasteiger partial charge < -0.3 is 9.47 Å². The summed E-state index contributed by atoms with van der Waals surface area (Å²) in [5.41, 5.74) is 2.08. The molecule has 1 aromatic carbocycles. The maximum Gasteiger partial charge on any atom is 0.163 e. The molecule has 1 aromatic rings. The van der Waals surface area contributed by atoms with Gasteiger partial charge in [0.05, 0.1) is 14.2 Å². The number of alkyl halides is 1. The Morgan fingerprint density at radius 2 is 1.92 bits per heavy atom. The van der Waals surface area contributed by atoms with E-state index in [1.807, 2.05) is 19.1 Å². The van der Waals surface area contributed by atoms with E-state index in [1.165, 1.54) is 0 Å². The molecular weight excluding hydrogens is 188 g/mol. The van der Waals surface area contributed by atoms with Gasteiger partial charge in [-0.1, -0.05) is 6.07 Å². The van der Waals surface area contributed by atoms with Crippen LogP contribution >= 0.6 is 11.6 Å². The van der Waals surface area contributed by atoms with Gasteiger partial charge in [0, 0.05) is 5.88 Å². The second-order valence-corrected chi connectivity index (χ2v) is 3.05. The number of rotatable bonds is 3. The van der Waals surface area contributed by atoms with Crippen molar-refractivity contribution in [3.8, 4) is 11.5 Å². The molecular formula is C10H13ClO2. The molecule has 3 heteroatoms. The fourth-order valence-electron chi connectivity index (χ4n) is 1.30. The molecule has 0 saturated carbocycles. The number of ether oxygens (including phenoxy) is 2. The van der Waals surface area contributed by atoms with Gasteiger partial charge in [0.2, 0.25) is 0 Å². The Kier molecular flexibility index (Phi) is 3.43. The quantitative estimate of drug-likeness (QED) is 0.699. The van der Waals surface area contributed by atoms with Gasteiger partial charge in [-0.2, -0.15) is 0 Å². The SMILES string of the molecule is COc1cc(CCl)cc(C)c1OC. The lowest BCUT2D eigenvalue weighted by atomic mass is 10.1. The Hall–Kier alpha value is -0.890. The number of aryl methyl sites for hydroxylation is 1. The van der Waals surface area contributed by atoms with Gasteiger partial charge in [-0.05, 0) is 24.1 Å². The van der Waals surface area contributed by atoms with Crippen molar-refractivity contribution in [2.45, 2.75) is 12.8 Å². The summed E-state index contributed by atoms with van der Waals surface area (Å²) in [6.45, 7) is 1.97. The average molecular weight is 201 g/mol. The maximum absolute atomic E-state index is 5.73. The largest absolute Gasteiger partial charge is 0.493 e. The van der Waals surface area contributed by atoms with Crippen LogP contribution in [0.25, 0.3) is 0 Å². The molecule has 0 radical (unpaired) electrons. The monoisotopic (exact) mass is 200 g/mol. The molecule has 0 fully saturated rings. The number of hydrogen-bond acceptors (Lipinski definition) is 2. The van der Waals surface area contributed by atoms with E-state index in [2.05, 4.69) is 0 Å². The standard InChI is InChI=1S/C10H13ClO2/c1-7-4-8(6-11)5-9(12-2)10(7)13-3/h4-5H,6H2,1-3H3. The summed E-state index contributed by atoms with van der Waals surface area (Å²) in [6, 6.07) is 3.88. The van der Waals surface area contributed by atoms with Crippen molar-refractivity contribution in [2.24, 2.45) is 0 Å². The van der Waals surface area contributed by atoms with Gasteiger partial charge in [-0.15, -0.1) is 11.6 Å². The molecule has 0 aliphatic rings. The van der Waals surface area contributed by atoms with Crippen molar-refractivity contribution in [2.75, 3.05) is 14.2 Å². The minimum atomic E-state index is 0.487. The lowest BCUT2D eigenvalue weighted by molar-refractivity contribution is 0.352. The predicted molar refractivity (Wildman–Crippen MR) is 53.8 cm³/mol. The van der Waals surface area contributed by atoms with Crippen LogP contribution < -0.4 is 9.47 Å². The molecule has 72 valence electrons. The molecule has 0 aliphatic heterocycles. The van der Waals surface area contributed by atoms with Crippen LogP contribution in [-0.4, -0.2) is 14.2 Å². The molecule has 2 nitrogen and oxygen atoms in total. The highest BCUT2D eigenvalue weighted by molar-refractivity contribution is 6.17. The van der Waals surface area contributed by atoms with Crippen LogP contribution in [0.5, 0.6) is 11.5 Å². The Balaban J connectivity index is 3.20. The van der Waals surface area contributed by atoms with Gasteiger partial charge in [0.25, 0.3) is 0 Å². The fourth-order valence-corrected chi connectivity index (χ4v) is 1.46. The topological polar surface area (TPSA) is 18.5 Å². The second-order valence-electron chi connectivity index (χ2n) is 2.78. The van der Waals surface area contributed by atoms with Crippen molar-refractivity contribution in [1.82, 2.24) is 0 Å². The van der Waals surface area contributed by atoms with Gasteiger partial charge in [0.15, 0.2) is 11.5 Å². The number of methoxy groups -OCH3 is 2. The average Bonchev–Trinajstić information content (AvgIpc) is 2.16. The molecule has 0 spiro atoms. The molecule has 0 saturated heterocycles. The van der Waals surface area contributed by atoms with Gasteiger partial charge in [-0.3, -0.25) is 0 Å². The van der Waals surface area contributed by atoms with Crippen LogP contribution in [0.4, 0.5) is 0 Å². The van der Waals surface area contributed by atoms with E-state index in [-0.39, 0.29) is 0 Å². The van der Waals surface area contributed by atoms with Crippen LogP contribution in [0, 0.1) is 6.92 Å². The first kappa shape index (κ1) is 10.2. The minimum absolute atomic E-state index is 0.487. The minimum Gasteiger partial charge on any atom is -0.493 e. The summed E-state index contributed by atoms with van der Waals surface area (Å²) in [5.74, 6) is 2.00. The Bertz CT molecular complexity index is 297. The van der Waals surface area contributed by atoms with Gasteiger partial charge in [0.1, 0.15) is 0 Å². The van der Waals surface area contributed by atoms with E-state index in [0.717, 1.165) is 22.6 Å². The first-order valence-electron chi connectivity index (χ1n) is 4.00. The summed E-state index contributed by atoms with van der Waals surface area (Å²) in [5, 5.41) is 0. The number of benzene rings is 1. The van der Waals surface area contributed by atoms with E-state index in [9.17, 15) is 0 Å². The molecule has 0 unspecified atom stereocenters. The zero-order valence-electron chi connectivity index (χ0n) is 8.06. The third kappa shape index (κ3) is 2.07. The van der Waals surface area contributed by atoms with Gasteiger partial charge >= 0.3 is 0 Å². The summed E-state index contributed by atoms with van der Waals surface area (Å²) in [4.78, 5) is 0. The third-order valence-corrected chi connectivity index (χ3v) is 2.19. The van der Waals surface area contributed by atoms with Crippen molar-refractivity contribution in [3.05, 3.63) is 23.3 Å². The zero-order valence-corrected chi connectivity index (χ0v) is 8.81. The molecule has 0 atom stereocenters. The number of hydrogen-bond donors (Lipinski definition) is 0. The molecule has 13 heavy (non-hydrogen) atoms. The lowest BCUT2D eigenvalue weighted by Gasteiger charge is -2.11. The van der Waals surface area contributed by atoms with Crippen LogP contribution in [0.3, 0.4) is 0 Å². The zero-order chi connectivity index (χ0) is 9.84. The highest BCUT2D eigenvalue weighted by Crippen LogP contribution is 2.32. The summed E-state index contributed by atoms with van der Waals surface area (Å²) >= 11 is 5.73. The van der Waals surface area contributed by atoms with E-state index in [0.29, 0.717) is 5.88 Å². The maximum atomic E-state index is 5.73. The Labute approximate surface area is 83.4 Å². The van der Waals surface area contributed by atoms with Crippen molar-refractivity contribution in [3.63, 3.8) is 0 Å². The van der Waals surface area contributed by atoms with Gasteiger partial charge in [-0.25, -0.2) is 0 Å². The molecule has 0 N–H and O–H groups in total. The smallest absolute Gasteiger partial charge is 0.163 e. The van der Waals surface area contributed by atoms with E-state index >= 15 is 0 Å². The third-order valence-electron chi connectivity index (χ3n) is 1.88. The van der Waals surface area contributed by atoms with Crippen LogP contribution in [-0.2, 0) is 5.88 Å². The van der Waals surface area contributed by atoms with Crippen LogP contribution in [0.1, 0.15) is 11.1 Å². The second kappa shape index (κ2) is 4.38. The highest BCUT2D eigenvalue weighted by atomic mass is 35.5. The van der Waals surface area contributed by atoms with Crippen molar-refractivity contribution < 1.29 is 9.47 Å². The highest BCUT2D eigenvalue weighted by Gasteiger charge is 2.08.